The summed E-state index contributed by atoms with van der Waals surface area (Å²) in [5, 5.41) is 2.52. The average molecular weight is 366 g/mol. The van der Waals surface area contributed by atoms with Gasteiger partial charge in [0.05, 0.1) is 17.2 Å². The summed E-state index contributed by atoms with van der Waals surface area (Å²) < 4.78 is 44.6. The van der Waals surface area contributed by atoms with Crippen molar-refractivity contribution in [2.24, 2.45) is 0 Å². The van der Waals surface area contributed by atoms with Crippen LogP contribution in [0.2, 0.25) is 0 Å². The van der Waals surface area contributed by atoms with Gasteiger partial charge in [0.2, 0.25) is 0 Å². The minimum Gasteiger partial charge on any atom is -0.376 e. The van der Waals surface area contributed by atoms with E-state index in [1.165, 1.54) is 12.1 Å². The molecule has 1 atom stereocenters. The Hall–Kier alpha value is -1.08. The summed E-state index contributed by atoms with van der Waals surface area (Å²) >= 11 is 2.99. The van der Waals surface area contributed by atoms with E-state index >= 15 is 0 Å². The third-order valence-electron chi connectivity index (χ3n) is 3.30. The summed E-state index contributed by atoms with van der Waals surface area (Å²) in [6, 6.07) is 3.50. The number of alkyl halides is 3. The van der Waals surface area contributed by atoms with Gasteiger partial charge in [-0.15, -0.1) is 0 Å². The zero-order valence-corrected chi connectivity index (χ0v) is 12.8. The molecular weight excluding hydrogens is 351 g/mol. The quantitative estimate of drug-likeness (QED) is 0.885. The van der Waals surface area contributed by atoms with Crippen molar-refractivity contribution in [2.45, 2.75) is 31.5 Å². The van der Waals surface area contributed by atoms with Gasteiger partial charge in [-0.05, 0) is 37.5 Å². The van der Waals surface area contributed by atoms with E-state index in [1.54, 1.807) is 0 Å². The van der Waals surface area contributed by atoms with E-state index in [0.29, 0.717) is 6.61 Å². The van der Waals surface area contributed by atoms with E-state index in [2.05, 4.69) is 21.2 Å². The van der Waals surface area contributed by atoms with E-state index in [1.807, 2.05) is 0 Å². The molecule has 0 aromatic heterocycles. The lowest BCUT2D eigenvalue weighted by molar-refractivity contribution is -0.138. The first-order valence-electron chi connectivity index (χ1n) is 6.64. The molecule has 1 saturated heterocycles. The van der Waals surface area contributed by atoms with Crippen LogP contribution in [0.3, 0.4) is 0 Å². The minimum absolute atomic E-state index is 0.118. The van der Waals surface area contributed by atoms with Crippen LogP contribution in [-0.4, -0.2) is 25.2 Å². The fourth-order valence-electron chi connectivity index (χ4n) is 2.22. The second kappa shape index (κ2) is 6.79. The van der Waals surface area contributed by atoms with Crippen molar-refractivity contribution in [2.75, 3.05) is 13.2 Å². The van der Waals surface area contributed by atoms with Gasteiger partial charge in [0, 0.05) is 17.6 Å². The number of halogens is 4. The minimum atomic E-state index is -4.57. The van der Waals surface area contributed by atoms with Gasteiger partial charge in [-0.25, -0.2) is 0 Å². The smallest absolute Gasteiger partial charge is 0.376 e. The molecule has 1 aromatic rings. The van der Waals surface area contributed by atoms with Crippen LogP contribution in [0, 0.1) is 0 Å². The monoisotopic (exact) mass is 365 g/mol. The fourth-order valence-corrected chi connectivity index (χ4v) is 2.58. The number of carbonyl (C=O) groups excluding carboxylic acids is 1. The Kier molecular flexibility index (Phi) is 5.27. The highest BCUT2D eigenvalue weighted by atomic mass is 79.9. The first kappa shape index (κ1) is 16.3. The molecule has 21 heavy (non-hydrogen) atoms. The number of benzene rings is 1. The predicted octanol–water partition coefficient (Wildman–Crippen LogP) is 3.77. The highest BCUT2D eigenvalue weighted by Gasteiger charge is 2.35. The number of rotatable bonds is 3. The summed E-state index contributed by atoms with van der Waals surface area (Å²) in [5.41, 5.74) is -1.32. The van der Waals surface area contributed by atoms with Crippen molar-refractivity contribution in [1.29, 1.82) is 0 Å². The molecule has 1 heterocycles. The molecule has 1 unspecified atom stereocenters. The first-order valence-corrected chi connectivity index (χ1v) is 7.44. The second-order valence-electron chi connectivity index (χ2n) is 4.89. The molecule has 1 N–H and O–H groups in total. The Balaban J connectivity index is 2.08. The van der Waals surface area contributed by atoms with E-state index in [-0.39, 0.29) is 22.7 Å². The molecule has 1 aliphatic heterocycles. The third kappa shape index (κ3) is 4.44. The maximum absolute atomic E-state index is 13.0. The van der Waals surface area contributed by atoms with Crippen LogP contribution >= 0.6 is 15.9 Å². The second-order valence-corrected chi connectivity index (χ2v) is 5.80. The van der Waals surface area contributed by atoms with Crippen molar-refractivity contribution in [3.05, 3.63) is 33.8 Å². The zero-order chi connectivity index (χ0) is 15.5. The Morgan fingerprint density at radius 3 is 2.76 bits per heavy atom. The van der Waals surface area contributed by atoms with Gasteiger partial charge >= 0.3 is 6.18 Å². The highest BCUT2D eigenvalue weighted by molar-refractivity contribution is 9.10. The molecule has 3 nitrogen and oxygen atoms in total. The van der Waals surface area contributed by atoms with E-state index in [4.69, 9.17) is 4.74 Å². The van der Waals surface area contributed by atoms with Crippen LogP contribution in [0.4, 0.5) is 13.2 Å². The van der Waals surface area contributed by atoms with Crippen LogP contribution in [0.1, 0.15) is 35.2 Å². The van der Waals surface area contributed by atoms with Crippen molar-refractivity contribution < 1.29 is 22.7 Å². The molecule has 116 valence electrons. The van der Waals surface area contributed by atoms with E-state index in [9.17, 15) is 18.0 Å². The maximum atomic E-state index is 13.0. The molecule has 1 fully saturated rings. The molecule has 0 aliphatic carbocycles. The largest absolute Gasteiger partial charge is 0.417 e. The van der Waals surface area contributed by atoms with Crippen molar-refractivity contribution in [3.63, 3.8) is 0 Å². The van der Waals surface area contributed by atoms with Crippen LogP contribution in [-0.2, 0) is 10.9 Å². The normalized spacial score (nSPS) is 19.3. The van der Waals surface area contributed by atoms with Gasteiger partial charge in [-0.1, -0.05) is 15.9 Å². The summed E-state index contributed by atoms with van der Waals surface area (Å²) in [4.78, 5) is 12.0. The van der Waals surface area contributed by atoms with Gasteiger partial charge in [0.15, 0.2) is 0 Å². The molecule has 1 amide bonds. The number of hydrogen-bond donors (Lipinski definition) is 1. The lowest BCUT2D eigenvalue weighted by atomic mass is 10.1. The van der Waals surface area contributed by atoms with E-state index < -0.39 is 17.6 Å². The summed E-state index contributed by atoms with van der Waals surface area (Å²) in [6.45, 7) is 0.860. The first-order chi connectivity index (χ1) is 9.88. The molecular formula is C14H15BrF3NO2. The predicted molar refractivity (Wildman–Crippen MR) is 75.1 cm³/mol. The molecule has 1 aromatic carbocycles. The van der Waals surface area contributed by atoms with Crippen molar-refractivity contribution in [3.8, 4) is 0 Å². The SMILES string of the molecule is O=C(NCC1CCCCO1)c1ccc(Br)cc1C(F)(F)F. The number of carbonyl (C=O) groups is 1. The average Bonchev–Trinajstić information content (AvgIpc) is 2.45. The molecule has 0 radical (unpaired) electrons. The number of amides is 1. The Labute approximate surface area is 129 Å². The summed E-state index contributed by atoms with van der Waals surface area (Å²) in [5.74, 6) is -0.732. The molecule has 0 spiro atoms. The molecule has 0 bridgehead atoms. The highest BCUT2D eigenvalue weighted by Crippen LogP contribution is 2.33. The number of hydrogen-bond acceptors (Lipinski definition) is 2. The Bertz CT molecular complexity index is 513. The summed E-state index contributed by atoms with van der Waals surface area (Å²) in [6.07, 6.45) is -1.89. The Morgan fingerprint density at radius 2 is 2.14 bits per heavy atom. The van der Waals surface area contributed by atoms with Crippen LogP contribution in [0.5, 0.6) is 0 Å². The van der Waals surface area contributed by atoms with Gasteiger partial charge in [-0.3, -0.25) is 4.79 Å². The fraction of sp³-hybridized carbons (Fsp3) is 0.500. The van der Waals surface area contributed by atoms with Gasteiger partial charge in [0.1, 0.15) is 0 Å². The van der Waals surface area contributed by atoms with Crippen LogP contribution < -0.4 is 5.32 Å². The van der Waals surface area contributed by atoms with Crippen LogP contribution in [0.15, 0.2) is 22.7 Å². The third-order valence-corrected chi connectivity index (χ3v) is 3.79. The molecule has 7 heteroatoms. The molecule has 1 aliphatic rings. The van der Waals surface area contributed by atoms with E-state index in [0.717, 1.165) is 25.3 Å². The Morgan fingerprint density at radius 1 is 1.38 bits per heavy atom. The molecule has 2 rings (SSSR count). The topological polar surface area (TPSA) is 38.3 Å². The number of ether oxygens (including phenoxy) is 1. The van der Waals surface area contributed by atoms with Gasteiger partial charge in [-0.2, -0.15) is 13.2 Å². The summed E-state index contributed by atoms with van der Waals surface area (Å²) in [7, 11) is 0. The zero-order valence-electron chi connectivity index (χ0n) is 11.2. The lowest BCUT2D eigenvalue weighted by Crippen LogP contribution is -2.36. The number of nitrogens with one attached hydrogen (secondary N) is 1. The molecule has 0 saturated carbocycles. The lowest BCUT2D eigenvalue weighted by Gasteiger charge is -2.23. The van der Waals surface area contributed by atoms with Crippen molar-refractivity contribution >= 4 is 21.8 Å². The van der Waals surface area contributed by atoms with Crippen LogP contribution in [0.25, 0.3) is 0 Å². The van der Waals surface area contributed by atoms with Crippen molar-refractivity contribution in [1.82, 2.24) is 5.32 Å². The van der Waals surface area contributed by atoms with Gasteiger partial charge in [0.25, 0.3) is 5.91 Å². The standard InChI is InChI=1S/C14H15BrF3NO2/c15-9-4-5-11(12(7-9)14(16,17)18)13(20)19-8-10-3-1-2-6-21-10/h4-5,7,10H,1-3,6,8H2,(H,19,20). The maximum Gasteiger partial charge on any atom is 0.417 e. The van der Waals surface area contributed by atoms with Gasteiger partial charge < -0.3 is 10.1 Å².